The fourth-order valence-electron chi connectivity index (χ4n) is 2.99. The minimum absolute atomic E-state index is 0.153. The van der Waals surface area contributed by atoms with Gasteiger partial charge in [0.2, 0.25) is 0 Å². The maximum atomic E-state index is 11.0. The number of fused-ring (bicyclic) bond motifs is 2. The molecule has 2 N–H and O–H groups in total. The molecule has 0 bridgehead atoms. The summed E-state index contributed by atoms with van der Waals surface area (Å²) in [7, 11) is 0. The van der Waals surface area contributed by atoms with Gasteiger partial charge in [0.05, 0.1) is 5.92 Å². The summed E-state index contributed by atoms with van der Waals surface area (Å²) in [6, 6.07) is 5.44. The van der Waals surface area contributed by atoms with Gasteiger partial charge in [0.1, 0.15) is 5.75 Å². The van der Waals surface area contributed by atoms with Crippen molar-refractivity contribution >= 4 is 5.97 Å². The zero-order chi connectivity index (χ0) is 10.6. The van der Waals surface area contributed by atoms with E-state index in [0.717, 1.165) is 30.4 Å². The van der Waals surface area contributed by atoms with Crippen molar-refractivity contribution in [3.63, 3.8) is 0 Å². The van der Waals surface area contributed by atoms with Crippen molar-refractivity contribution in [2.24, 2.45) is 5.92 Å². The molecule has 78 valence electrons. The average molecular weight is 204 g/mol. The number of aromatic hydroxyl groups is 1. The lowest BCUT2D eigenvalue weighted by Gasteiger charge is -2.09. The largest absolute Gasteiger partial charge is 0.508 e. The first-order chi connectivity index (χ1) is 7.15. The smallest absolute Gasteiger partial charge is 0.307 e. The number of benzene rings is 1. The number of aliphatic carboxylic acids is 1. The number of phenolic OH excluding ortho intramolecular Hbond substituents is 1. The van der Waals surface area contributed by atoms with Gasteiger partial charge in [-0.3, -0.25) is 4.79 Å². The molecular formula is C12H12O3. The van der Waals surface area contributed by atoms with Crippen LogP contribution in [0, 0.1) is 5.92 Å². The highest BCUT2D eigenvalue weighted by Crippen LogP contribution is 2.62. The molecule has 1 aromatic carbocycles. The van der Waals surface area contributed by atoms with Crippen LogP contribution in [0.15, 0.2) is 18.2 Å². The summed E-state index contributed by atoms with van der Waals surface area (Å²) in [4.78, 5) is 11.0. The Morgan fingerprint density at radius 3 is 2.93 bits per heavy atom. The van der Waals surface area contributed by atoms with Crippen molar-refractivity contribution in [1.82, 2.24) is 0 Å². The van der Waals surface area contributed by atoms with Crippen LogP contribution < -0.4 is 0 Å². The molecule has 3 nitrogen and oxygen atoms in total. The first kappa shape index (κ1) is 8.77. The van der Waals surface area contributed by atoms with Gasteiger partial charge in [-0.2, -0.15) is 0 Å². The van der Waals surface area contributed by atoms with Crippen molar-refractivity contribution in [3.05, 3.63) is 29.3 Å². The van der Waals surface area contributed by atoms with Gasteiger partial charge in [0.25, 0.3) is 0 Å². The van der Waals surface area contributed by atoms with E-state index in [1.807, 2.05) is 6.07 Å². The van der Waals surface area contributed by atoms with Gasteiger partial charge in [-0.05, 0) is 36.5 Å². The number of carboxylic acids is 1. The Morgan fingerprint density at radius 2 is 2.27 bits per heavy atom. The van der Waals surface area contributed by atoms with E-state index in [2.05, 4.69) is 0 Å². The highest BCUT2D eigenvalue weighted by Gasteiger charge is 2.62. The van der Waals surface area contributed by atoms with E-state index >= 15 is 0 Å². The van der Waals surface area contributed by atoms with Crippen LogP contribution in [0.25, 0.3) is 0 Å². The van der Waals surface area contributed by atoms with Crippen molar-refractivity contribution in [1.29, 1.82) is 0 Å². The molecule has 0 amide bonds. The number of carboxylic acid groups (broad SMARTS) is 1. The van der Waals surface area contributed by atoms with E-state index in [-0.39, 0.29) is 11.3 Å². The fraction of sp³-hybridized carbons (Fsp3) is 0.417. The fourth-order valence-corrected chi connectivity index (χ4v) is 2.99. The van der Waals surface area contributed by atoms with E-state index in [0.29, 0.717) is 5.75 Å². The number of phenols is 1. The molecule has 2 unspecified atom stereocenters. The molecule has 1 spiro atoms. The molecule has 2 atom stereocenters. The first-order valence-corrected chi connectivity index (χ1v) is 5.19. The molecule has 1 saturated carbocycles. The van der Waals surface area contributed by atoms with Crippen molar-refractivity contribution in [2.45, 2.75) is 24.7 Å². The Hall–Kier alpha value is -1.51. The highest BCUT2D eigenvalue weighted by molar-refractivity contribution is 5.78. The Morgan fingerprint density at radius 1 is 1.47 bits per heavy atom. The van der Waals surface area contributed by atoms with Gasteiger partial charge in [-0.25, -0.2) is 0 Å². The zero-order valence-corrected chi connectivity index (χ0v) is 8.23. The molecule has 3 heteroatoms. The number of carbonyl (C=O) groups is 1. The Balaban J connectivity index is 2.08. The Bertz CT molecular complexity index is 452. The summed E-state index contributed by atoms with van der Waals surface area (Å²) in [5, 5.41) is 18.7. The summed E-state index contributed by atoms with van der Waals surface area (Å²) >= 11 is 0. The van der Waals surface area contributed by atoms with E-state index in [1.54, 1.807) is 12.1 Å². The molecule has 0 aliphatic heterocycles. The molecule has 1 aromatic rings. The number of hydrogen-bond donors (Lipinski definition) is 2. The molecule has 2 aliphatic carbocycles. The monoisotopic (exact) mass is 204 g/mol. The quantitative estimate of drug-likeness (QED) is 0.731. The van der Waals surface area contributed by atoms with Crippen LogP contribution in [0.2, 0.25) is 0 Å². The van der Waals surface area contributed by atoms with Gasteiger partial charge in [-0.15, -0.1) is 0 Å². The van der Waals surface area contributed by atoms with Gasteiger partial charge < -0.3 is 10.2 Å². The SMILES string of the molecule is O=C(O)C1CC12CCc1c(O)cccc12. The predicted molar refractivity (Wildman–Crippen MR) is 53.8 cm³/mol. The summed E-state index contributed by atoms with van der Waals surface area (Å²) in [6.45, 7) is 0. The summed E-state index contributed by atoms with van der Waals surface area (Å²) in [6.07, 6.45) is 2.42. The molecular weight excluding hydrogens is 192 g/mol. The molecule has 0 aromatic heterocycles. The van der Waals surface area contributed by atoms with Crippen molar-refractivity contribution in [3.8, 4) is 5.75 Å². The van der Waals surface area contributed by atoms with E-state index < -0.39 is 5.97 Å². The average Bonchev–Trinajstić information content (AvgIpc) is 2.79. The van der Waals surface area contributed by atoms with E-state index in [1.165, 1.54) is 0 Å². The molecule has 1 fully saturated rings. The molecule has 0 radical (unpaired) electrons. The number of rotatable bonds is 1. The molecule has 2 aliphatic rings. The molecule has 0 saturated heterocycles. The van der Waals surface area contributed by atoms with Crippen molar-refractivity contribution < 1.29 is 15.0 Å². The molecule has 15 heavy (non-hydrogen) atoms. The third kappa shape index (κ3) is 0.978. The van der Waals surface area contributed by atoms with Crippen LogP contribution in [0.5, 0.6) is 5.75 Å². The lowest BCUT2D eigenvalue weighted by Crippen LogP contribution is -2.11. The summed E-state index contributed by atoms with van der Waals surface area (Å²) in [5.41, 5.74) is 1.87. The van der Waals surface area contributed by atoms with Gasteiger partial charge in [-0.1, -0.05) is 12.1 Å². The Labute approximate surface area is 87.4 Å². The van der Waals surface area contributed by atoms with Crippen LogP contribution >= 0.6 is 0 Å². The Kier molecular flexibility index (Phi) is 1.48. The van der Waals surface area contributed by atoms with Crippen LogP contribution in [0.1, 0.15) is 24.0 Å². The second kappa shape index (κ2) is 2.54. The number of hydrogen-bond acceptors (Lipinski definition) is 2. The van der Waals surface area contributed by atoms with E-state index in [9.17, 15) is 9.90 Å². The third-order valence-electron chi connectivity index (χ3n) is 3.88. The van der Waals surface area contributed by atoms with Crippen LogP contribution in [0.3, 0.4) is 0 Å². The van der Waals surface area contributed by atoms with E-state index in [4.69, 9.17) is 5.11 Å². The minimum Gasteiger partial charge on any atom is -0.508 e. The first-order valence-electron chi connectivity index (χ1n) is 5.19. The normalized spacial score (nSPS) is 31.6. The topological polar surface area (TPSA) is 57.5 Å². The van der Waals surface area contributed by atoms with Crippen LogP contribution in [0.4, 0.5) is 0 Å². The maximum Gasteiger partial charge on any atom is 0.307 e. The lowest BCUT2D eigenvalue weighted by molar-refractivity contribution is -0.139. The summed E-state index contributed by atoms with van der Waals surface area (Å²) < 4.78 is 0. The van der Waals surface area contributed by atoms with Crippen LogP contribution in [-0.4, -0.2) is 16.2 Å². The lowest BCUT2D eigenvalue weighted by atomic mass is 9.95. The van der Waals surface area contributed by atoms with Gasteiger partial charge in [0, 0.05) is 5.41 Å². The van der Waals surface area contributed by atoms with Gasteiger partial charge >= 0.3 is 5.97 Å². The van der Waals surface area contributed by atoms with Crippen molar-refractivity contribution in [2.75, 3.05) is 0 Å². The minimum atomic E-state index is -0.703. The standard InChI is InChI=1S/C12H12O3/c13-10-3-1-2-8-7(10)4-5-12(8)6-9(12)11(14)15/h1-3,9,13H,4-6H2,(H,14,15). The maximum absolute atomic E-state index is 11.0. The predicted octanol–water partition coefficient (Wildman–Crippen LogP) is 1.68. The zero-order valence-electron chi connectivity index (χ0n) is 8.23. The second-order valence-corrected chi connectivity index (χ2v) is 4.55. The third-order valence-corrected chi connectivity index (χ3v) is 3.88. The second-order valence-electron chi connectivity index (χ2n) is 4.55. The van der Waals surface area contributed by atoms with Gasteiger partial charge in [0.15, 0.2) is 0 Å². The summed E-state index contributed by atoms with van der Waals surface area (Å²) in [5.74, 6) is -0.618. The molecule has 0 heterocycles. The van der Waals surface area contributed by atoms with Crippen LogP contribution in [-0.2, 0) is 16.6 Å². The highest BCUT2D eigenvalue weighted by atomic mass is 16.4. The molecule has 3 rings (SSSR count).